The summed E-state index contributed by atoms with van der Waals surface area (Å²) < 4.78 is 0. The van der Waals surface area contributed by atoms with Crippen LogP contribution in [0.1, 0.15) is 38.9 Å². The molecule has 0 spiro atoms. The number of benzene rings is 11. The SMILES string of the molecule is Cc1ccc(-c2ccc(-c3nc(-c4ccc(-c5ccc(C)cc5)cc4)nc(-c4ccc(-c5c(C)cc(C)cc5C)cc4)n3)cc2)cc1.Cc1ccc(-c2ccc(-c3nc(-c4ccccc4)nc(-c4ccc(-c5ccc(C)cc5)cc4)n3)cc2)cc1. The van der Waals surface area contributed by atoms with Gasteiger partial charge in [-0.05, 0) is 115 Å². The van der Waals surface area contributed by atoms with Crippen molar-refractivity contribution in [2.75, 3.05) is 0 Å². The van der Waals surface area contributed by atoms with Gasteiger partial charge in [0.05, 0.1) is 0 Å². The minimum Gasteiger partial charge on any atom is -0.208 e. The Hall–Kier alpha value is -10.6. The third-order valence-electron chi connectivity index (χ3n) is 15.5. The first-order valence-corrected chi connectivity index (χ1v) is 28.9. The molecule has 11 aromatic carbocycles. The standard InChI is InChI=1S/C44H37N3.C35H27N3/c1-28-6-10-33(11-7-28)35-14-20-38(21-15-35)42-45-43(39-22-16-36(17-23-39)34-12-8-29(2)9-13-34)47-44(46-42)40-24-18-37(19-25-40)41-31(4)26-30(3)27-32(41)5;1-24-8-12-26(13-9-24)28-16-20-31(21-17-28)34-36-33(30-6-4-3-5-7-30)37-35(38-34)32-22-18-29(19-23-32)27-14-10-25(2)11-15-27/h6-27H,1-5H3;3-23H,1-2H3. The molecule has 0 saturated heterocycles. The van der Waals surface area contributed by atoms with Gasteiger partial charge in [-0.2, -0.15) is 0 Å². The molecule has 6 heteroatoms. The van der Waals surface area contributed by atoms with Crippen molar-refractivity contribution in [3.63, 3.8) is 0 Å². The molecule has 2 aromatic heterocycles. The molecule has 85 heavy (non-hydrogen) atoms. The van der Waals surface area contributed by atoms with Gasteiger partial charge in [-0.1, -0.05) is 289 Å². The zero-order valence-electron chi connectivity index (χ0n) is 49.0. The molecule has 0 N–H and O–H groups in total. The molecule has 0 fully saturated rings. The Morgan fingerprint density at radius 1 is 0.165 bits per heavy atom. The lowest BCUT2D eigenvalue weighted by Gasteiger charge is -2.13. The molecule has 0 saturated carbocycles. The Morgan fingerprint density at radius 2 is 0.341 bits per heavy atom. The van der Waals surface area contributed by atoms with Crippen LogP contribution in [0.2, 0.25) is 0 Å². The Bertz CT molecular complexity index is 4190. The van der Waals surface area contributed by atoms with Gasteiger partial charge in [-0.15, -0.1) is 0 Å². The highest BCUT2D eigenvalue weighted by atomic mass is 15.0. The van der Waals surface area contributed by atoms with E-state index < -0.39 is 0 Å². The van der Waals surface area contributed by atoms with Crippen LogP contribution >= 0.6 is 0 Å². The van der Waals surface area contributed by atoms with Gasteiger partial charge >= 0.3 is 0 Å². The van der Waals surface area contributed by atoms with Gasteiger partial charge in [0.15, 0.2) is 34.9 Å². The van der Waals surface area contributed by atoms with E-state index in [1.165, 1.54) is 72.3 Å². The molecule has 0 bridgehead atoms. The van der Waals surface area contributed by atoms with Crippen LogP contribution in [0.25, 0.3) is 124 Å². The van der Waals surface area contributed by atoms with Crippen molar-refractivity contribution in [2.45, 2.75) is 48.5 Å². The lowest BCUT2D eigenvalue weighted by atomic mass is 9.93. The van der Waals surface area contributed by atoms with Gasteiger partial charge in [0.1, 0.15) is 0 Å². The van der Waals surface area contributed by atoms with Crippen LogP contribution in [0.3, 0.4) is 0 Å². The van der Waals surface area contributed by atoms with Gasteiger partial charge < -0.3 is 0 Å². The molecule has 0 aliphatic carbocycles. The van der Waals surface area contributed by atoms with Crippen molar-refractivity contribution in [1.29, 1.82) is 0 Å². The van der Waals surface area contributed by atoms with E-state index in [4.69, 9.17) is 29.9 Å². The third-order valence-corrected chi connectivity index (χ3v) is 15.5. The second-order valence-corrected chi connectivity index (χ2v) is 22.1. The highest BCUT2D eigenvalue weighted by molar-refractivity contribution is 5.77. The molecular formula is C79H64N6. The van der Waals surface area contributed by atoms with Crippen LogP contribution in [0.5, 0.6) is 0 Å². The molecule has 0 radical (unpaired) electrons. The predicted molar refractivity (Wildman–Crippen MR) is 353 cm³/mol. The monoisotopic (exact) mass is 1100 g/mol. The van der Waals surface area contributed by atoms with Crippen LogP contribution < -0.4 is 0 Å². The summed E-state index contributed by atoms with van der Waals surface area (Å²) >= 11 is 0. The van der Waals surface area contributed by atoms with E-state index in [1.54, 1.807) is 0 Å². The summed E-state index contributed by atoms with van der Waals surface area (Å²) in [4.78, 5) is 29.7. The Morgan fingerprint density at radius 3 is 0.565 bits per heavy atom. The maximum Gasteiger partial charge on any atom is 0.164 e. The Kier molecular flexibility index (Phi) is 15.8. The van der Waals surface area contributed by atoms with E-state index >= 15 is 0 Å². The smallest absolute Gasteiger partial charge is 0.164 e. The number of hydrogen-bond donors (Lipinski definition) is 0. The van der Waals surface area contributed by atoms with Crippen LogP contribution in [0.15, 0.2) is 261 Å². The predicted octanol–water partition coefficient (Wildman–Crippen LogP) is 20.2. The number of aromatic nitrogens is 6. The molecule has 0 aliphatic heterocycles. The van der Waals surface area contributed by atoms with E-state index in [-0.39, 0.29) is 0 Å². The third kappa shape index (κ3) is 12.8. The molecule has 0 aliphatic rings. The second kappa shape index (κ2) is 24.5. The quantitative estimate of drug-likeness (QED) is 0.128. The number of aryl methyl sites for hydroxylation is 7. The maximum absolute atomic E-state index is 5.01. The van der Waals surface area contributed by atoms with Gasteiger partial charge in [0, 0.05) is 33.4 Å². The highest BCUT2D eigenvalue weighted by Gasteiger charge is 2.16. The summed E-state index contributed by atoms with van der Waals surface area (Å²) in [6, 6.07) is 91.4. The zero-order valence-corrected chi connectivity index (χ0v) is 49.0. The lowest BCUT2D eigenvalue weighted by Crippen LogP contribution is -2.00. The second-order valence-electron chi connectivity index (χ2n) is 22.1. The summed E-state index contributed by atoms with van der Waals surface area (Å²) in [5, 5.41) is 0. The fraction of sp³-hybridized carbons (Fsp3) is 0.0886. The van der Waals surface area contributed by atoms with Crippen molar-refractivity contribution in [3.8, 4) is 124 Å². The molecule has 0 atom stereocenters. The molecule has 2 heterocycles. The number of rotatable bonds is 11. The first-order valence-electron chi connectivity index (χ1n) is 28.9. The van der Waals surface area contributed by atoms with E-state index in [9.17, 15) is 0 Å². The maximum atomic E-state index is 5.01. The van der Waals surface area contributed by atoms with Crippen LogP contribution in [0, 0.1) is 48.5 Å². The molecule has 13 rings (SSSR count). The fourth-order valence-corrected chi connectivity index (χ4v) is 10.8. The summed E-state index contributed by atoms with van der Waals surface area (Å²) in [5.41, 5.74) is 26.5. The zero-order chi connectivity index (χ0) is 58.4. The molecule has 410 valence electrons. The minimum absolute atomic E-state index is 0.650. The number of hydrogen-bond acceptors (Lipinski definition) is 6. The van der Waals surface area contributed by atoms with Crippen molar-refractivity contribution >= 4 is 0 Å². The van der Waals surface area contributed by atoms with E-state index in [0.29, 0.717) is 34.9 Å². The van der Waals surface area contributed by atoms with E-state index in [1.807, 2.05) is 30.3 Å². The van der Waals surface area contributed by atoms with E-state index in [0.717, 1.165) is 55.6 Å². The van der Waals surface area contributed by atoms with Gasteiger partial charge in [0.2, 0.25) is 0 Å². The van der Waals surface area contributed by atoms with Crippen molar-refractivity contribution < 1.29 is 0 Å². The molecule has 0 unspecified atom stereocenters. The summed E-state index contributed by atoms with van der Waals surface area (Å²) in [6.45, 7) is 14.9. The lowest BCUT2D eigenvalue weighted by molar-refractivity contribution is 1.07. The molecular weight excluding hydrogens is 1030 g/mol. The summed E-state index contributed by atoms with van der Waals surface area (Å²) in [7, 11) is 0. The van der Waals surface area contributed by atoms with Crippen LogP contribution in [-0.2, 0) is 0 Å². The average molecular weight is 1100 g/mol. The highest BCUT2D eigenvalue weighted by Crippen LogP contribution is 2.34. The van der Waals surface area contributed by atoms with Gasteiger partial charge in [-0.3, -0.25) is 0 Å². The van der Waals surface area contributed by atoms with Crippen LogP contribution in [0.4, 0.5) is 0 Å². The average Bonchev–Trinajstić information content (AvgIpc) is 3.70. The van der Waals surface area contributed by atoms with Crippen molar-refractivity contribution in [1.82, 2.24) is 29.9 Å². The Balaban J connectivity index is 0.000000171. The Labute approximate surface area is 499 Å². The van der Waals surface area contributed by atoms with Crippen LogP contribution in [-0.4, -0.2) is 29.9 Å². The largest absolute Gasteiger partial charge is 0.208 e. The fourth-order valence-electron chi connectivity index (χ4n) is 10.8. The summed E-state index contributed by atoms with van der Waals surface area (Å²) in [6.07, 6.45) is 0. The minimum atomic E-state index is 0.650. The molecule has 6 nitrogen and oxygen atoms in total. The summed E-state index contributed by atoms with van der Waals surface area (Å²) in [5.74, 6) is 3.93. The number of nitrogens with zero attached hydrogens (tertiary/aromatic N) is 6. The first kappa shape index (κ1) is 55.0. The van der Waals surface area contributed by atoms with E-state index in [2.05, 4.69) is 279 Å². The normalized spacial score (nSPS) is 11.0. The molecule has 13 aromatic rings. The first-order chi connectivity index (χ1) is 41.4. The topological polar surface area (TPSA) is 77.3 Å². The molecule has 0 amide bonds. The van der Waals surface area contributed by atoms with Gasteiger partial charge in [-0.25, -0.2) is 29.9 Å². The van der Waals surface area contributed by atoms with Gasteiger partial charge in [0.25, 0.3) is 0 Å². The van der Waals surface area contributed by atoms with Crippen molar-refractivity contribution in [3.05, 3.63) is 300 Å². The van der Waals surface area contributed by atoms with Crippen molar-refractivity contribution in [2.24, 2.45) is 0 Å².